The topological polar surface area (TPSA) is 0 Å². The Kier molecular flexibility index (Phi) is 6.36. The van der Waals surface area contributed by atoms with E-state index in [2.05, 4.69) is 20.8 Å². The summed E-state index contributed by atoms with van der Waals surface area (Å²) >= 11 is 0. The monoisotopic (exact) mass is 210 g/mol. The van der Waals surface area contributed by atoms with Crippen molar-refractivity contribution >= 4 is 0 Å². The summed E-state index contributed by atoms with van der Waals surface area (Å²) in [6.07, 6.45) is 13.3. The third-order valence-electron chi connectivity index (χ3n) is 4.64. The Morgan fingerprint density at radius 2 is 1.67 bits per heavy atom. The average Bonchev–Trinajstić information content (AvgIpc) is 2.31. The zero-order valence-corrected chi connectivity index (χ0v) is 11.1. The Labute approximate surface area is 96.8 Å². The highest BCUT2D eigenvalue weighted by molar-refractivity contribution is 4.70. The quantitative estimate of drug-likeness (QED) is 0.549. The summed E-state index contributed by atoms with van der Waals surface area (Å²) < 4.78 is 0. The molecule has 1 fully saturated rings. The van der Waals surface area contributed by atoms with E-state index in [1.54, 1.807) is 0 Å². The summed E-state index contributed by atoms with van der Waals surface area (Å²) in [5.41, 5.74) is 0. The molecule has 90 valence electrons. The van der Waals surface area contributed by atoms with Gasteiger partial charge in [-0.2, -0.15) is 0 Å². The Bertz CT molecular complexity index is 144. The van der Waals surface area contributed by atoms with Crippen LogP contribution in [-0.2, 0) is 0 Å². The summed E-state index contributed by atoms with van der Waals surface area (Å²) in [6.45, 7) is 7.15. The van der Waals surface area contributed by atoms with Crippen LogP contribution in [0.3, 0.4) is 0 Å². The molecule has 0 nitrogen and oxygen atoms in total. The van der Waals surface area contributed by atoms with E-state index in [-0.39, 0.29) is 0 Å². The van der Waals surface area contributed by atoms with E-state index in [9.17, 15) is 0 Å². The van der Waals surface area contributed by atoms with Crippen LogP contribution >= 0.6 is 0 Å². The second-order valence-corrected chi connectivity index (χ2v) is 5.64. The van der Waals surface area contributed by atoms with Crippen molar-refractivity contribution in [2.45, 2.75) is 78.6 Å². The van der Waals surface area contributed by atoms with Gasteiger partial charge in [-0.3, -0.25) is 0 Å². The van der Waals surface area contributed by atoms with Crippen LogP contribution in [0.5, 0.6) is 0 Å². The summed E-state index contributed by atoms with van der Waals surface area (Å²) in [6, 6.07) is 0. The van der Waals surface area contributed by atoms with E-state index in [0.29, 0.717) is 0 Å². The first-order chi connectivity index (χ1) is 7.27. The first kappa shape index (κ1) is 13.1. The van der Waals surface area contributed by atoms with Crippen molar-refractivity contribution in [1.82, 2.24) is 0 Å². The molecule has 2 atom stereocenters. The van der Waals surface area contributed by atoms with Crippen molar-refractivity contribution in [3.63, 3.8) is 0 Å². The number of rotatable bonds is 6. The van der Waals surface area contributed by atoms with Crippen molar-refractivity contribution in [2.75, 3.05) is 0 Å². The molecule has 0 saturated heterocycles. The molecule has 0 radical (unpaired) electrons. The van der Waals surface area contributed by atoms with Gasteiger partial charge in [0.15, 0.2) is 0 Å². The van der Waals surface area contributed by atoms with Gasteiger partial charge in [-0.15, -0.1) is 0 Å². The van der Waals surface area contributed by atoms with E-state index < -0.39 is 0 Å². The van der Waals surface area contributed by atoms with E-state index in [4.69, 9.17) is 0 Å². The van der Waals surface area contributed by atoms with Gasteiger partial charge in [0.2, 0.25) is 0 Å². The van der Waals surface area contributed by atoms with Gasteiger partial charge in [0.25, 0.3) is 0 Å². The first-order valence-electron chi connectivity index (χ1n) is 7.27. The van der Waals surface area contributed by atoms with Crippen LogP contribution in [0.4, 0.5) is 0 Å². The molecule has 0 aliphatic heterocycles. The molecule has 1 aliphatic carbocycles. The van der Waals surface area contributed by atoms with Crippen LogP contribution in [0.2, 0.25) is 0 Å². The van der Waals surface area contributed by atoms with Crippen LogP contribution in [0.1, 0.15) is 78.6 Å². The molecule has 0 aromatic rings. The van der Waals surface area contributed by atoms with Gasteiger partial charge < -0.3 is 0 Å². The van der Waals surface area contributed by atoms with Gasteiger partial charge in [-0.05, 0) is 24.2 Å². The summed E-state index contributed by atoms with van der Waals surface area (Å²) in [5, 5.41) is 0. The zero-order chi connectivity index (χ0) is 11.1. The molecule has 0 heterocycles. The highest BCUT2D eigenvalue weighted by Crippen LogP contribution is 2.31. The molecule has 1 saturated carbocycles. The summed E-state index contributed by atoms with van der Waals surface area (Å²) in [4.78, 5) is 0. The minimum absolute atomic E-state index is 0.943. The minimum Gasteiger partial charge on any atom is -0.0651 e. The van der Waals surface area contributed by atoms with Crippen molar-refractivity contribution in [3.05, 3.63) is 0 Å². The summed E-state index contributed by atoms with van der Waals surface area (Å²) in [5.74, 6) is 3.02. The molecule has 0 amide bonds. The van der Waals surface area contributed by atoms with Crippen molar-refractivity contribution in [2.24, 2.45) is 17.8 Å². The summed E-state index contributed by atoms with van der Waals surface area (Å²) in [7, 11) is 0. The van der Waals surface area contributed by atoms with E-state index in [1.165, 1.54) is 57.8 Å². The Morgan fingerprint density at radius 1 is 1.00 bits per heavy atom. The van der Waals surface area contributed by atoms with Gasteiger partial charge in [0, 0.05) is 0 Å². The van der Waals surface area contributed by atoms with Gasteiger partial charge in [0.05, 0.1) is 0 Å². The fourth-order valence-electron chi connectivity index (χ4n) is 3.15. The SMILES string of the molecule is CCC(C)C(CC)CCC1CCCCC1. The molecule has 0 aromatic heterocycles. The minimum atomic E-state index is 0.943. The molecule has 0 N–H and O–H groups in total. The van der Waals surface area contributed by atoms with E-state index in [0.717, 1.165) is 17.8 Å². The standard InChI is InChI=1S/C15H30/c1-4-13(3)15(5-2)12-11-14-9-7-6-8-10-14/h13-15H,4-12H2,1-3H3. The second kappa shape index (κ2) is 7.30. The van der Waals surface area contributed by atoms with Crippen molar-refractivity contribution in [1.29, 1.82) is 0 Å². The lowest BCUT2D eigenvalue weighted by atomic mass is 9.80. The van der Waals surface area contributed by atoms with Crippen LogP contribution < -0.4 is 0 Å². The largest absolute Gasteiger partial charge is 0.0651 e. The lowest BCUT2D eigenvalue weighted by Crippen LogP contribution is -2.13. The number of hydrogen-bond donors (Lipinski definition) is 0. The molecule has 0 heteroatoms. The van der Waals surface area contributed by atoms with E-state index in [1.807, 2.05) is 0 Å². The van der Waals surface area contributed by atoms with Crippen molar-refractivity contribution in [3.8, 4) is 0 Å². The van der Waals surface area contributed by atoms with Crippen LogP contribution in [-0.4, -0.2) is 0 Å². The third kappa shape index (κ3) is 4.57. The lowest BCUT2D eigenvalue weighted by molar-refractivity contribution is 0.260. The molecule has 15 heavy (non-hydrogen) atoms. The van der Waals surface area contributed by atoms with Gasteiger partial charge >= 0.3 is 0 Å². The zero-order valence-electron chi connectivity index (χ0n) is 11.1. The van der Waals surface area contributed by atoms with Gasteiger partial charge in [0.1, 0.15) is 0 Å². The molecule has 0 bridgehead atoms. The Balaban J connectivity index is 2.20. The highest BCUT2D eigenvalue weighted by atomic mass is 14.2. The fraction of sp³-hybridized carbons (Fsp3) is 1.00. The maximum atomic E-state index is 2.44. The maximum absolute atomic E-state index is 2.44. The van der Waals surface area contributed by atoms with Gasteiger partial charge in [-0.25, -0.2) is 0 Å². The molecule has 0 spiro atoms. The fourth-order valence-corrected chi connectivity index (χ4v) is 3.15. The van der Waals surface area contributed by atoms with Crippen LogP contribution in [0.25, 0.3) is 0 Å². The lowest BCUT2D eigenvalue weighted by Gasteiger charge is -2.26. The predicted octanol–water partition coefficient (Wildman–Crippen LogP) is 5.42. The first-order valence-corrected chi connectivity index (χ1v) is 7.27. The molecule has 2 unspecified atom stereocenters. The maximum Gasteiger partial charge on any atom is -0.0391 e. The predicted molar refractivity (Wildman–Crippen MR) is 69.0 cm³/mol. The normalized spacial score (nSPS) is 22.6. The van der Waals surface area contributed by atoms with Crippen LogP contribution in [0, 0.1) is 17.8 Å². The smallest absolute Gasteiger partial charge is 0.0391 e. The van der Waals surface area contributed by atoms with Gasteiger partial charge in [-0.1, -0.05) is 72.1 Å². The molecular weight excluding hydrogens is 180 g/mol. The van der Waals surface area contributed by atoms with E-state index >= 15 is 0 Å². The highest BCUT2D eigenvalue weighted by Gasteiger charge is 2.18. The second-order valence-electron chi connectivity index (χ2n) is 5.64. The molecule has 1 rings (SSSR count). The Hall–Kier alpha value is 0. The molecule has 1 aliphatic rings. The van der Waals surface area contributed by atoms with Crippen molar-refractivity contribution < 1.29 is 0 Å². The Morgan fingerprint density at radius 3 is 2.20 bits per heavy atom. The molecule has 0 aromatic carbocycles. The average molecular weight is 210 g/mol. The van der Waals surface area contributed by atoms with Crippen LogP contribution in [0.15, 0.2) is 0 Å². The molecular formula is C15H30. The number of hydrogen-bond acceptors (Lipinski definition) is 0. The third-order valence-corrected chi connectivity index (χ3v) is 4.64.